The van der Waals surface area contributed by atoms with E-state index in [-0.39, 0.29) is 0 Å². The van der Waals surface area contributed by atoms with Gasteiger partial charge < -0.3 is 10.1 Å². The largest absolute Gasteiger partial charge is 0.477 e. The van der Waals surface area contributed by atoms with E-state index in [0.29, 0.717) is 11.6 Å². The Kier molecular flexibility index (Phi) is 1.24. The molecule has 1 fully saturated rings. The average molecular weight is 151 g/mol. The number of rotatable bonds is 2. The maximum Gasteiger partial charge on any atom is 0.352 e. The van der Waals surface area contributed by atoms with Gasteiger partial charge in [-0.1, -0.05) is 0 Å². The number of carbonyl (C=O) groups is 1. The van der Waals surface area contributed by atoms with Gasteiger partial charge in [-0.05, 0) is 30.4 Å². The lowest BCUT2D eigenvalue weighted by atomic mass is 10.2. The number of nitrogens with one attached hydrogen (secondary N) is 1. The molecule has 1 heterocycles. The summed E-state index contributed by atoms with van der Waals surface area (Å²) >= 11 is 0. The maximum atomic E-state index is 10.4. The molecule has 1 aromatic rings. The normalized spacial score (nSPS) is 16.7. The molecule has 1 saturated carbocycles. The van der Waals surface area contributed by atoms with Crippen LogP contribution in [-0.4, -0.2) is 16.1 Å². The fourth-order valence-corrected chi connectivity index (χ4v) is 1.19. The van der Waals surface area contributed by atoms with Gasteiger partial charge in [0.2, 0.25) is 0 Å². The molecule has 0 atom stereocenters. The van der Waals surface area contributed by atoms with Crippen molar-refractivity contribution in [3.05, 3.63) is 23.5 Å². The number of hydrogen-bond donors (Lipinski definition) is 2. The molecule has 0 bridgehead atoms. The van der Waals surface area contributed by atoms with Gasteiger partial charge in [-0.25, -0.2) is 4.79 Å². The molecule has 0 radical (unpaired) electrons. The molecular formula is C8H9NO2. The molecule has 0 aliphatic heterocycles. The molecule has 0 saturated heterocycles. The number of aromatic amines is 1. The molecule has 58 valence electrons. The molecule has 1 aromatic heterocycles. The van der Waals surface area contributed by atoms with Crippen molar-refractivity contribution in [2.45, 2.75) is 18.8 Å². The molecule has 1 aliphatic carbocycles. The summed E-state index contributed by atoms with van der Waals surface area (Å²) in [5, 5.41) is 8.57. The standard InChI is InChI=1S/C8H9NO2/c10-8(11)7-3-6(4-9-7)5-1-2-5/h3-5,9H,1-2H2,(H,10,11). The molecule has 3 nitrogen and oxygen atoms in total. The summed E-state index contributed by atoms with van der Waals surface area (Å²) in [6.45, 7) is 0. The van der Waals surface area contributed by atoms with Crippen LogP contribution in [0.2, 0.25) is 0 Å². The predicted octanol–water partition coefficient (Wildman–Crippen LogP) is 1.59. The van der Waals surface area contributed by atoms with Gasteiger partial charge in [0, 0.05) is 6.20 Å². The third kappa shape index (κ3) is 1.13. The Hall–Kier alpha value is -1.25. The van der Waals surface area contributed by atoms with Crippen molar-refractivity contribution >= 4 is 5.97 Å². The smallest absolute Gasteiger partial charge is 0.352 e. The first kappa shape index (κ1) is 6.46. The predicted molar refractivity (Wildman–Crippen MR) is 39.7 cm³/mol. The first-order valence-electron chi connectivity index (χ1n) is 3.69. The zero-order valence-corrected chi connectivity index (χ0v) is 6.00. The zero-order chi connectivity index (χ0) is 7.84. The van der Waals surface area contributed by atoms with Crippen LogP contribution in [0.1, 0.15) is 34.8 Å². The van der Waals surface area contributed by atoms with Gasteiger partial charge in [-0.2, -0.15) is 0 Å². The number of hydrogen-bond acceptors (Lipinski definition) is 1. The Bertz CT molecular complexity index is 286. The number of H-pyrrole nitrogens is 1. The van der Waals surface area contributed by atoms with Gasteiger partial charge in [0.1, 0.15) is 5.69 Å². The molecular weight excluding hydrogens is 142 g/mol. The van der Waals surface area contributed by atoms with E-state index in [1.165, 1.54) is 12.8 Å². The van der Waals surface area contributed by atoms with Crippen molar-refractivity contribution in [2.75, 3.05) is 0 Å². The van der Waals surface area contributed by atoms with Crippen molar-refractivity contribution in [1.82, 2.24) is 4.98 Å². The number of carboxylic acids is 1. The van der Waals surface area contributed by atoms with Gasteiger partial charge in [-0.3, -0.25) is 0 Å². The number of aromatic nitrogens is 1. The second kappa shape index (κ2) is 2.12. The lowest BCUT2D eigenvalue weighted by Crippen LogP contribution is -1.94. The Morgan fingerprint density at radius 1 is 1.64 bits per heavy atom. The molecule has 2 N–H and O–H groups in total. The quantitative estimate of drug-likeness (QED) is 0.674. The van der Waals surface area contributed by atoms with Gasteiger partial charge >= 0.3 is 5.97 Å². The van der Waals surface area contributed by atoms with Crippen molar-refractivity contribution < 1.29 is 9.90 Å². The third-order valence-corrected chi connectivity index (χ3v) is 1.98. The topological polar surface area (TPSA) is 53.1 Å². The summed E-state index contributed by atoms with van der Waals surface area (Å²) < 4.78 is 0. The van der Waals surface area contributed by atoms with Crippen molar-refractivity contribution in [1.29, 1.82) is 0 Å². The highest BCUT2D eigenvalue weighted by atomic mass is 16.4. The summed E-state index contributed by atoms with van der Waals surface area (Å²) in [6.07, 6.45) is 4.20. The Morgan fingerprint density at radius 2 is 2.36 bits per heavy atom. The highest BCUT2D eigenvalue weighted by Gasteiger charge is 2.24. The summed E-state index contributed by atoms with van der Waals surface area (Å²) in [6, 6.07) is 1.72. The second-order valence-corrected chi connectivity index (χ2v) is 2.93. The van der Waals surface area contributed by atoms with Gasteiger partial charge in [0.15, 0.2) is 0 Å². The SMILES string of the molecule is O=C(O)c1cc(C2CC2)c[nH]1. The van der Waals surface area contributed by atoms with Gasteiger partial charge in [0.25, 0.3) is 0 Å². The highest BCUT2D eigenvalue weighted by molar-refractivity contribution is 5.85. The Labute approximate surface area is 64.1 Å². The zero-order valence-electron chi connectivity index (χ0n) is 6.00. The fourth-order valence-electron chi connectivity index (χ4n) is 1.19. The van der Waals surface area contributed by atoms with Crippen LogP contribution < -0.4 is 0 Å². The van der Waals surface area contributed by atoms with E-state index in [1.807, 2.05) is 0 Å². The maximum absolute atomic E-state index is 10.4. The van der Waals surface area contributed by atoms with Crippen LogP contribution in [0.4, 0.5) is 0 Å². The van der Waals surface area contributed by atoms with Crippen LogP contribution in [-0.2, 0) is 0 Å². The number of aromatic carboxylic acids is 1. The Balaban J connectivity index is 2.25. The minimum Gasteiger partial charge on any atom is -0.477 e. The molecule has 0 aromatic carbocycles. The molecule has 2 rings (SSSR count). The molecule has 0 unspecified atom stereocenters. The third-order valence-electron chi connectivity index (χ3n) is 1.98. The molecule has 3 heteroatoms. The summed E-state index contributed by atoms with van der Waals surface area (Å²) in [4.78, 5) is 13.2. The van der Waals surface area contributed by atoms with Crippen molar-refractivity contribution in [2.24, 2.45) is 0 Å². The molecule has 0 amide bonds. The van der Waals surface area contributed by atoms with E-state index in [1.54, 1.807) is 12.3 Å². The summed E-state index contributed by atoms with van der Waals surface area (Å²) in [5.41, 5.74) is 1.44. The van der Waals surface area contributed by atoms with Crippen LogP contribution >= 0.6 is 0 Å². The summed E-state index contributed by atoms with van der Waals surface area (Å²) in [7, 11) is 0. The van der Waals surface area contributed by atoms with E-state index in [9.17, 15) is 4.79 Å². The van der Waals surface area contributed by atoms with E-state index in [0.717, 1.165) is 5.56 Å². The molecule has 0 spiro atoms. The van der Waals surface area contributed by atoms with E-state index < -0.39 is 5.97 Å². The van der Waals surface area contributed by atoms with Crippen LogP contribution in [0.15, 0.2) is 12.3 Å². The minimum absolute atomic E-state index is 0.298. The Morgan fingerprint density at radius 3 is 2.82 bits per heavy atom. The minimum atomic E-state index is -0.878. The monoisotopic (exact) mass is 151 g/mol. The van der Waals surface area contributed by atoms with Crippen LogP contribution in [0.5, 0.6) is 0 Å². The molecule has 11 heavy (non-hydrogen) atoms. The number of carboxylic acid groups (broad SMARTS) is 1. The average Bonchev–Trinajstić information content (AvgIpc) is 2.68. The van der Waals surface area contributed by atoms with E-state index >= 15 is 0 Å². The lowest BCUT2D eigenvalue weighted by molar-refractivity contribution is 0.0691. The van der Waals surface area contributed by atoms with Crippen LogP contribution in [0, 0.1) is 0 Å². The van der Waals surface area contributed by atoms with Gasteiger partial charge in [0.05, 0.1) is 0 Å². The first-order valence-corrected chi connectivity index (χ1v) is 3.69. The molecule has 1 aliphatic rings. The van der Waals surface area contributed by atoms with Gasteiger partial charge in [-0.15, -0.1) is 0 Å². The van der Waals surface area contributed by atoms with Crippen LogP contribution in [0.3, 0.4) is 0 Å². The van der Waals surface area contributed by atoms with Crippen LogP contribution in [0.25, 0.3) is 0 Å². The highest BCUT2D eigenvalue weighted by Crippen LogP contribution is 2.40. The van der Waals surface area contributed by atoms with E-state index in [4.69, 9.17) is 5.11 Å². The second-order valence-electron chi connectivity index (χ2n) is 2.93. The summed E-state index contributed by atoms with van der Waals surface area (Å²) in [5.74, 6) is -0.253. The first-order chi connectivity index (χ1) is 5.27. The van der Waals surface area contributed by atoms with E-state index in [2.05, 4.69) is 4.98 Å². The fraction of sp³-hybridized carbons (Fsp3) is 0.375. The van der Waals surface area contributed by atoms with Crippen molar-refractivity contribution in [3.8, 4) is 0 Å². The van der Waals surface area contributed by atoms with Crippen molar-refractivity contribution in [3.63, 3.8) is 0 Å². The lowest BCUT2D eigenvalue weighted by Gasteiger charge is -1.84.